The van der Waals surface area contributed by atoms with Crippen molar-refractivity contribution in [3.8, 4) is 0 Å². The first kappa shape index (κ1) is 15.7. The van der Waals surface area contributed by atoms with Crippen LogP contribution in [0.3, 0.4) is 0 Å². The highest BCUT2D eigenvalue weighted by molar-refractivity contribution is 5.85. The fourth-order valence-electron chi connectivity index (χ4n) is 1.70. The molecular formula is C12H19ClFN5. The van der Waals surface area contributed by atoms with Crippen LogP contribution in [-0.4, -0.2) is 26.2 Å². The van der Waals surface area contributed by atoms with E-state index in [0.717, 1.165) is 17.9 Å². The molecule has 0 fully saturated rings. The second-order valence-corrected chi connectivity index (χ2v) is 4.03. The molecule has 0 spiro atoms. The van der Waals surface area contributed by atoms with Crippen molar-refractivity contribution in [1.29, 1.82) is 0 Å². The van der Waals surface area contributed by atoms with E-state index in [0.29, 0.717) is 19.6 Å². The first-order valence-electron chi connectivity index (χ1n) is 6.13. The third-order valence-electron chi connectivity index (χ3n) is 2.64. The minimum Gasteiger partial charge on any atom is -0.305 e. The number of halogens is 2. The maximum Gasteiger partial charge on any atom is 0.109 e. The quantitative estimate of drug-likeness (QED) is 0.844. The Bertz CT molecular complexity index is 482. The molecule has 2 aromatic heterocycles. The van der Waals surface area contributed by atoms with Gasteiger partial charge in [0, 0.05) is 32.0 Å². The predicted octanol–water partition coefficient (Wildman–Crippen LogP) is 1.78. The molecule has 0 aromatic carbocycles. The topological polar surface area (TPSA) is 47.7 Å². The minimum absolute atomic E-state index is 0. The van der Waals surface area contributed by atoms with Crippen LogP contribution in [-0.2, 0) is 26.2 Å². The third-order valence-corrected chi connectivity index (χ3v) is 2.64. The first-order valence-corrected chi connectivity index (χ1v) is 6.13. The van der Waals surface area contributed by atoms with Crippen molar-refractivity contribution in [2.45, 2.75) is 33.1 Å². The van der Waals surface area contributed by atoms with Gasteiger partial charge in [0.05, 0.1) is 17.9 Å². The van der Waals surface area contributed by atoms with Crippen LogP contribution in [0.5, 0.6) is 0 Å². The number of hydrogen-bond acceptors (Lipinski definition) is 3. The van der Waals surface area contributed by atoms with Crippen LogP contribution < -0.4 is 5.32 Å². The van der Waals surface area contributed by atoms with Crippen LogP contribution >= 0.6 is 12.4 Å². The third kappa shape index (κ3) is 4.65. The molecule has 0 unspecified atom stereocenters. The Labute approximate surface area is 118 Å². The first-order chi connectivity index (χ1) is 8.81. The van der Waals surface area contributed by atoms with Gasteiger partial charge in [-0.2, -0.15) is 10.2 Å². The molecule has 0 radical (unpaired) electrons. The van der Waals surface area contributed by atoms with E-state index in [9.17, 15) is 4.39 Å². The van der Waals surface area contributed by atoms with Crippen molar-refractivity contribution >= 4 is 12.4 Å². The summed E-state index contributed by atoms with van der Waals surface area (Å²) in [5, 5.41) is 11.9. The average molecular weight is 288 g/mol. The molecule has 0 saturated carbocycles. The monoisotopic (exact) mass is 287 g/mol. The summed E-state index contributed by atoms with van der Waals surface area (Å²) in [6, 6.07) is 3.89. The Balaban J connectivity index is 0.00000180. The Morgan fingerprint density at radius 1 is 1.11 bits per heavy atom. The number of nitrogens with zero attached hydrogens (tertiary/aromatic N) is 4. The fourth-order valence-corrected chi connectivity index (χ4v) is 1.70. The van der Waals surface area contributed by atoms with E-state index in [4.69, 9.17) is 0 Å². The lowest BCUT2D eigenvalue weighted by Gasteiger charge is -2.00. The van der Waals surface area contributed by atoms with Crippen LogP contribution in [0, 0.1) is 0 Å². The van der Waals surface area contributed by atoms with E-state index in [1.54, 1.807) is 10.9 Å². The summed E-state index contributed by atoms with van der Waals surface area (Å²) in [7, 11) is 0. The molecule has 106 valence electrons. The zero-order valence-electron chi connectivity index (χ0n) is 10.9. The van der Waals surface area contributed by atoms with Gasteiger partial charge in [0.25, 0.3) is 0 Å². The lowest BCUT2D eigenvalue weighted by molar-refractivity contribution is 0.425. The smallest absolute Gasteiger partial charge is 0.109 e. The molecule has 0 aliphatic rings. The maximum atomic E-state index is 12.1. The van der Waals surface area contributed by atoms with E-state index in [-0.39, 0.29) is 19.1 Å². The van der Waals surface area contributed by atoms with Crippen LogP contribution in [0.25, 0.3) is 0 Å². The van der Waals surface area contributed by atoms with E-state index in [1.807, 2.05) is 23.0 Å². The zero-order valence-corrected chi connectivity index (χ0v) is 11.7. The number of rotatable bonds is 7. The highest BCUT2D eigenvalue weighted by Gasteiger charge is 2.00. The van der Waals surface area contributed by atoms with Gasteiger partial charge in [-0.25, -0.2) is 4.39 Å². The SMILES string of the molecule is CCn1ccc(CNCc2ccn(CCF)n2)n1.Cl. The number of nitrogens with one attached hydrogen (secondary N) is 1. The molecule has 5 nitrogen and oxygen atoms in total. The highest BCUT2D eigenvalue weighted by Crippen LogP contribution is 1.98. The lowest BCUT2D eigenvalue weighted by atomic mass is 10.4. The van der Waals surface area contributed by atoms with Gasteiger partial charge in [0.2, 0.25) is 0 Å². The fraction of sp³-hybridized carbons (Fsp3) is 0.500. The van der Waals surface area contributed by atoms with E-state index in [2.05, 4.69) is 22.4 Å². The van der Waals surface area contributed by atoms with E-state index >= 15 is 0 Å². The molecule has 2 rings (SSSR count). The van der Waals surface area contributed by atoms with Gasteiger partial charge >= 0.3 is 0 Å². The minimum atomic E-state index is -0.386. The van der Waals surface area contributed by atoms with Gasteiger partial charge in [-0.1, -0.05) is 0 Å². The predicted molar refractivity (Wildman–Crippen MR) is 73.9 cm³/mol. The maximum absolute atomic E-state index is 12.1. The summed E-state index contributed by atoms with van der Waals surface area (Å²) in [4.78, 5) is 0. The summed E-state index contributed by atoms with van der Waals surface area (Å²) in [5.41, 5.74) is 1.93. The molecule has 2 heterocycles. The number of hydrogen-bond donors (Lipinski definition) is 1. The summed E-state index contributed by atoms with van der Waals surface area (Å²) >= 11 is 0. The molecule has 7 heteroatoms. The Hall–Kier alpha value is -1.40. The van der Waals surface area contributed by atoms with Crippen molar-refractivity contribution in [1.82, 2.24) is 24.9 Å². The number of alkyl halides is 1. The van der Waals surface area contributed by atoms with Crippen molar-refractivity contribution in [3.63, 3.8) is 0 Å². The second-order valence-electron chi connectivity index (χ2n) is 4.03. The van der Waals surface area contributed by atoms with Gasteiger partial charge in [0.1, 0.15) is 6.67 Å². The van der Waals surface area contributed by atoms with Gasteiger partial charge in [-0.05, 0) is 19.1 Å². The summed E-state index contributed by atoms with van der Waals surface area (Å²) in [6.07, 6.45) is 3.76. The highest BCUT2D eigenvalue weighted by atomic mass is 35.5. The molecule has 0 bridgehead atoms. The van der Waals surface area contributed by atoms with Crippen molar-refractivity contribution in [3.05, 3.63) is 35.9 Å². The molecule has 1 N–H and O–H groups in total. The lowest BCUT2D eigenvalue weighted by Crippen LogP contribution is -2.14. The van der Waals surface area contributed by atoms with Gasteiger partial charge in [-0.15, -0.1) is 12.4 Å². The van der Waals surface area contributed by atoms with Gasteiger partial charge in [0.15, 0.2) is 0 Å². The van der Waals surface area contributed by atoms with Crippen molar-refractivity contribution in [2.75, 3.05) is 6.67 Å². The second kappa shape index (κ2) is 7.91. The standard InChI is InChI=1S/C12H18FN5.ClH/c1-2-17-6-3-11(15-17)9-14-10-12-4-7-18(16-12)8-5-13;/h3-4,6-7,14H,2,5,8-10H2,1H3;1H. The van der Waals surface area contributed by atoms with Crippen molar-refractivity contribution in [2.24, 2.45) is 0 Å². The largest absolute Gasteiger partial charge is 0.305 e. The van der Waals surface area contributed by atoms with Crippen molar-refractivity contribution < 1.29 is 4.39 Å². The summed E-state index contributed by atoms with van der Waals surface area (Å²) in [5.74, 6) is 0. The molecule has 0 amide bonds. The normalized spacial score (nSPS) is 10.4. The van der Waals surface area contributed by atoms with E-state index in [1.165, 1.54) is 0 Å². The molecule has 0 aliphatic carbocycles. The average Bonchev–Trinajstić information content (AvgIpc) is 2.99. The molecule has 0 saturated heterocycles. The van der Waals surface area contributed by atoms with Gasteiger partial charge in [-0.3, -0.25) is 9.36 Å². The number of aromatic nitrogens is 4. The van der Waals surface area contributed by atoms with Gasteiger partial charge < -0.3 is 5.32 Å². The van der Waals surface area contributed by atoms with Crippen LogP contribution in [0.4, 0.5) is 4.39 Å². The zero-order chi connectivity index (χ0) is 12.8. The Morgan fingerprint density at radius 2 is 1.68 bits per heavy atom. The van der Waals surface area contributed by atoms with Crippen LogP contribution in [0.2, 0.25) is 0 Å². The van der Waals surface area contributed by atoms with Crippen LogP contribution in [0.1, 0.15) is 18.3 Å². The molecular weight excluding hydrogens is 269 g/mol. The van der Waals surface area contributed by atoms with E-state index < -0.39 is 0 Å². The molecule has 0 atom stereocenters. The Kier molecular flexibility index (Phi) is 6.52. The van der Waals surface area contributed by atoms with Crippen LogP contribution in [0.15, 0.2) is 24.5 Å². The summed E-state index contributed by atoms with van der Waals surface area (Å²) in [6.45, 7) is 4.25. The number of aryl methyl sites for hydroxylation is 2. The molecule has 2 aromatic rings. The summed E-state index contributed by atoms with van der Waals surface area (Å²) < 4.78 is 15.6. The molecule has 19 heavy (non-hydrogen) atoms. The Morgan fingerprint density at radius 3 is 2.21 bits per heavy atom. The molecule has 0 aliphatic heterocycles.